The molecule has 0 aromatic heterocycles. The first-order valence-electron chi connectivity index (χ1n) is 5.60. The van der Waals surface area contributed by atoms with Crippen molar-refractivity contribution in [2.24, 2.45) is 11.7 Å². The van der Waals surface area contributed by atoms with Gasteiger partial charge < -0.3 is 5.73 Å². The highest BCUT2D eigenvalue weighted by Crippen LogP contribution is 2.22. The van der Waals surface area contributed by atoms with Gasteiger partial charge in [-0.2, -0.15) is 0 Å². The quantitative estimate of drug-likeness (QED) is 0.725. The van der Waals surface area contributed by atoms with Crippen molar-refractivity contribution in [1.29, 1.82) is 0 Å². The number of hydrogen-bond acceptors (Lipinski definition) is 5. The van der Waals surface area contributed by atoms with E-state index >= 15 is 0 Å². The second kappa shape index (κ2) is 5.64. The standard InChI is InChI=1S/C9H20N2O4S2/c1-16(12,13)8-17(14,15)11-6-3-9(2-5-10)4-7-11/h9H,2-8,10H2,1H3. The van der Waals surface area contributed by atoms with Gasteiger partial charge in [0.15, 0.2) is 14.9 Å². The van der Waals surface area contributed by atoms with Gasteiger partial charge in [-0.1, -0.05) is 0 Å². The number of rotatable bonds is 5. The van der Waals surface area contributed by atoms with E-state index in [1.807, 2.05) is 0 Å². The van der Waals surface area contributed by atoms with Crippen molar-refractivity contribution in [3.63, 3.8) is 0 Å². The van der Waals surface area contributed by atoms with Crippen molar-refractivity contribution in [1.82, 2.24) is 4.31 Å². The van der Waals surface area contributed by atoms with Crippen molar-refractivity contribution in [2.45, 2.75) is 19.3 Å². The van der Waals surface area contributed by atoms with Crippen LogP contribution < -0.4 is 5.73 Å². The molecule has 0 bridgehead atoms. The summed E-state index contributed by atoms with van der Waals surface area (Å²) in [6, 6.07) is 0. The zero-order valence-electron chi connectivity index (χ0n) is 10.0. The van der Waals surface area contributed by atoms with E-state index in [9.17, 15) is 16.8 Å². The number of nitrogens with two attached hydrogens (primary N) is 1. The van der Waals surface area contributed by atoms with Crippen molar-refractivity contribution in [3.8, 4) is 0 Å². The highest BCUT2D eigenvalue weighted by molar-refractivity contribution is 8.06. The van der Waals surface area contributed by atoms with Crippen molar-refractivity contribution < 1.29 is 16.8 Å². The maximum absolute atomic E-state index is 11.8. The van der Waals surface area contributed by atoms with Crippen LogP contribution in [0.3, 0.4) is 0 Å². The molecule has 17 heavy (non-hydrogen) atoms. The smallest absolute Gasteiger partial charge is 0.228 e. The molecule has 102 valence electrons. The van der Waals surface area contributed by atoms with E-state index < -0.39 is 24.9 Å². The highest BCUT2D eigenvalue weighted by Gasteiger charge is 2.30. The third-order valence-electron chi connectivity index (χ3n) is 2.90. The van der Waals surface area contributed by atoms with Crippen LogP contribution >= 0.6 is 0 Å². The molecular formula is C9H20N2O4S2. The van der Waals surface area contributed by atoms with Gasteiger partial charge in [0.25, 0.3) is 0 Å². The molecule has 0 saturated carbocycles. The van der Waals surface area contributed by atoms with E-state index in [0.717, 1.165) is 25.5 Å². The summed E-state index contributed by atoms with van der Waals surface area (Å²) < 4.78 is 46.9. The van der Waals surface area contributed by atoms with Crippen LogP contribution in [0.15, 0.2) is 0 Å². The van der Waals surface area contributed by atoms with Gasteiger partial charge in [0, 0.05) is 19.3 Å². The summed E-state index contributed by atoms with van der Waals surface area (Å²) in [5, 5.41) is -0.790. The number of sulfone groups is 1. The third kappa shape index (κ3) is 4.90. The minimum Gasteiger partial charge on any atom is -0.330 e. The molecule has 1 saturated heterocycles. The molecule has 0 radical (unpaired) electrons. The summed E-state index contributed by atoms with van der Waals surface area (Å²) in [6.45, 7) is 1.42. The van der Waals surface area contributed by atoms with Gasteiger partial charge in [0.1, 0.15) is 0 Å². The minimum atomic E-state index is -3.67. The van der Waals surface area contributed by atoms with Crippen LogP contribution in [-0.2, 0) is 19.9 Å². The first kappa shape index (κ1) is 14.9. The van der Waals surface area contributed by atoms with Crippen LogP contribution in [0.1, 0.15) is 19.3 Å². The molecule has 2 N–H and O–H groups in total. The van der Waals surface area contributed by atoms with Crippen LogP contribution in [0.5, 0.6) is 0 Å². The number of hydrogen-bond donors (Lipinski definition) is 1. The topological polar surface area (TPSA) is 97.5 Å². The fourth-order valence-electron chi connectivity index (χ4n) is 2.06. The molecule has 6 nitrogen and oxygen atoms in total. The summed E-state index contributed by atoms with van der Waals surface area (Å²) in [4.78, 5) is 0. The zero-order valence-corrected chi connectivity index (χ0v) is 11.6. The van der Waals surface area contributed by atoms with E-state index in [1.165, 1.54) is 4.31 Å². The molecule has 8 heteroatoms. The Morgan fingerprint density at radius 3 is 2.12 bits per heavy atom. The Morgan fingerprint density at radius 1 is 1.18 bits per heavy atom. The number of nitrogens with zero attached hydrogens (tertiary/aromatic N) is 1. The Hall–Kier alpha value is -0.180. The molecule has 0 atom stereocenters. The van der Waals surface area contributed by atoms with E-state index in [-0.39, 0.29) is 0 Å². The van der Waals surface area contributed by atoms with Crippen LogP contribution in [0.25, 0.3) is 0 Å². The average Bonchev–Trinajstić information content (AvgIpc) is 2.15. The summed E-state index contributed by atoms with van der Waals surface area (Å²) in [7, 11) is -7.17. The molecular weight excluding hydrogens is 264 g/mol. The first-order valence-corrected chi connectivity index (χ1v) is 9.27. The maximum atomic E-state index is 11.8. The largest absolute Gasteiger partial charge is 0.330 e. The number of piperidine rings is 1. The Labute approximate surface area is 103 Å². The zero-order chi connectivity index (χ0) is 13.1. The molecule has 0 aromatic rings. The predicted molar refractivity (Wildman–Crippen MR) is 66.6 cm³/mol. The van der Waals surface area contributed by atoms with Gasteiger partial charge >= 0.3 is 0 Å². The molecule has 1 rings (SSSR count). The minimum absolute atomic E-state index is 0.405. The van der Waals surface area contributed by atoms with E-state index in [0.29, 0.717) is 25.6 Å². The monoisotopic (exact) mass is 284 g/mol. The summed E-state index contributed by atoms with van der Waals surface area (Å²) in [5.41, 5.74) is 5.45. The molecule has 1 heterocycles. The summed E-state index contributed by atoms with van der Waals surface area (Å²) >= 11 is 0. The van der Waals surface area contributed by atoms with Crippen molar-refractivity contribution >= 4 is 19.9 Å². The average molecular weight is 284 g/mol. The van der Waals surface area contributed by atoms with Crippen LogP contribution in [0, 0.1) is 5.92 Å². The molecule has 1 aliphatic heterocycles. The molecule has 0 aromatic carbocycles. The van der Waals surface area contributed by atoms with Crippen LogP contribution in [0.2, 0.25) is 0 Å². The molecule has 0 unspecified atom stereocenters. The number of sulfonamides is 1. The predicted octanol–water partition coefficient (Wildman–Crippen LogP) is -0.621. The van der Waals surface area contributed by atoms with Crippen molar-refractivity contribution in [2.75, 3.05) is 31.0 Å². The summed E-state index contributed by atoms with van der Waals surface area (Å²) in [5.74, 6) is 0.463. The lowest BCUT2D eigenvalue weighted by atomic mass is 9.95. The molecule has 1 aliphatic rings. The fourth-order valence-corrected chi connectivity index (χ4v) is 5.58. The summed E-state index contributed by atoms with van der Waals surface area (Å²) in [6.07, 6.45) is 3.37. The maximum Gasteiger partial charge on any atom is 0.228 e. The van der Waals surface area contributed by atoms with Gasteiger partial charge in [0.05, 0.1) is 0 Å². The Bertz CT molecular complexity index is 436. The van der Waals surface area contributed by atoms with E-state index in [4.69, 9.17) is 5.73 Å². The molecule has 0 aliphatic carbocycles. The van der Waals surface area contributed by atoms with Crippen LogP contribution in [0.4, 0.5) is 0 Å². The molecule has 0 spiro atoms. The SMILES string of the molecule is CS(=O)(=O)CS(=O)(=O)N1CCC(CCN)CC1. The normalized spacial score (nSPS) is 20.6. The molecule has 1 fully saturated rings. The lowest BCUT2D eigenvalue weighted by Crippen LogP contribution is -2.41. The van der Waals surface area contributed by atoms with Crippen LogP contribution in [-0.4, -0.2) is 52.1 Å². The first-order chi connectivity index (χ1) is 7.74. The van der Waals surface area contributed by atoms with Gasteiger partial charge in [0.2, 0.25) is 10.0 Å². The Balaban J connectivity index is 2.59. The van der Waals surface area contributed by atoms with Gasteiger partial charge in [-0.3, -0.25) is 0 Å². The third-order valence-corrected chi connectivity index (χ3v) is 6.96. The second-order valence-corrected chi connectivity index (χ2v) is 9.05. The van der Waals surface area contributed by atoms with Gasteiger partial charge in [-0.25, -0.2) is 21.1 Å². The van der Waals surface area contributed by atoms with E-state index in [1.54, 1.807) is 0 Å². The fraction of sp³-hybridized carbons (Fsp3) is 1.00. The Morgan fingerprint density at radius 2 is 1.71 bits per heavy atom. The van der Waals surface area contributed by atoms with Gasteiger partial charge in [-0.15, -0.1) is 0 Å². The highest BCUT2D eigenvalue weighted by atomic mass is 32.3. The van der Waals surface area contributed by atoms with E-state index in [2.05, 4.69) is 0 Å². The lowest BCUT2D eigenvalue weighted by Gasteiger charge is -2.30. The Kier molecular flexibility index (Phi) is 4.94. The lowest BCUT2D eigenvalue weighted by molar-refractivity contribution is 0.266. The second-order valence-electron chi connectivity index (χ2n) is 4.58. The van der Waals surface area contributed by atoms with Gasteiger partial charge in [-0.05, 0) is 31.7 Å². The molecule has 0 amide bonds. The van der Waals surface area contributed by atoms with Crippen molar-refractivity contribution in [3.05, 3.63) is 0 Å².